The third-order valence-electron chi connectivity index (χ3n) is 3.80. The minimum atomic E-state index is 0.509. The van der Waals surface area contributed by atoms with Gasteiger partial charge in [-0.25, -0.2) is 0 Å². The number of rotatable bonds is 6. The Morgan fingerprint density at radius 1 is 1.32 bits per heavy atom. The molecule has 0 atom stereocenters. The van der Waals surface area contributed by atoms with Crippen molar-refractivity contribution < 1.29 is 4.74 Å². The minimum absolute atomic E-state index is 0.509. The van der Waals surface area contributed by atoms with Crippen molar-refractivity contribution in [1.82, 2.24) is 5.32 Å². The molecular formula is C15H21Br2NO. The van der Waals surface area contributed by atoms with E-state index in [0.29, 0.717) is 12.0 Å². The monoisotopic (exact) mass is 389 g/mol. The van der Waals surface area contributed by atoms with Gasteiger partial charge in [0.05, 0.1) is 11.1 Å². The maximum absolute atomic E-state index is 5.74. The standard InChI is InChI=1S/C15H21Br2NO/c1-3-19-14-11(7-12(16)8-13(14)17)9-18-10-15(2)5-4-6-15/h7-8,18H,3-6,9-10H2,1-2H3. The maximum Gasteiger partial charge on any atom is 0.138 e. The molecule has 1 fully saturated rings. The molecular weight excluding hydrogens is 370 g/mol. The zero-order valence-corrected chi connectivity index (χ0v) is 14.7. The maximum atomic E-state index is 5.74. The van der Waals surface area contributed by atoms with Crippen molar-refractivity contribution in [3.8, 4) is 5.75 Å². The van der Waals surface area contributed by atoms with Gasteiger partial charge < -0.3 is 10.1 Å². The molecule has 1 aliphatic rings. The van der Waals surface area contributed by atoms with E-state index >= 15 is 0 Å². The predicted molar refractivity (Wildman–Crippen MR) is 86.7 cm³/mol. The molecule has 0 spiro atoms. The summed E-state index contributed by atoms with van der Waals surface area (Å²) >= 11 is 7.11. The largest absolute Gasteiger partial charge is 0.492 e. The SMILES string of the molecule is CCOc1c(Br)cc(Br)cc1CNCC1(C)CCC1. The first-order valence-electron chi connectivity index (χ1n) is 6.85. The first-order chi connectivity index (χ1) is 9.04. The van der Waals surface area contributed by atoms with E-state index in [2.05, 4.69) is 50.2 Å². The fourth-order valence-electron chi connectivity index (χ4n) is 2.51. The van der Waals surface area contributed by atoms with Gasteiger partial charge in [-0.1, -0.05) is 29.3 Å². The summed E-state index contributed by atoms with van der Waals surface area (Å²) in [6.45, 7) is 7.00. The number of nitrogens with one attached hydrogen (secondary N) is 1. The first kappa shape index (κ1) is 15.3. The Balaban J connectivity index is 2.01. The van der Waals surface area contributed by atoms with Gasteiger partial charge in [0.1, 0.15) is 5.75 Å². The lowest BCUT2D eigenvalue weighted by Gasteiger charge is -2.38. The van der Waals surface area contributed by atoms with E-state index in [0.717, 1.165) is 27.8 Å². The van der Waals surface area contributed by atoms with Gasteiger partial charge in [0.2, 0.25) is 0 Å². The Kier molecular flexibility index (Phi) is 5.32. The van der Waals surface area contributed by atoms with Crippen molar-refractivity contribution in [2.45, 2.75) is 39.7 Å². The van der Waals surface area contributed by atoms with Crippen LogP contribution >= 0.6 is 31.9 Å². The summed E-state index contributed by atoms with van der Waals surface area (Å²) in [4.78, 5) is 0. The van der Waals surface area contributed by atoms with Crippen LogP contribution in [0.25, 0.3) is 0 Å². The minimum Gasteiger partial charge on any atom is -0.492 e. The van der Waals surface area contributed by atoms with Crippen LogP contribution in [-0.2, 0) is 6.54 Å². The lowest BCUT2D eigenvalue weighted by molar-refractivity contribution is 0.156. The van der Waals surface area contributed by atoms with E-state index in [-0.39, 0.29) is 0 Å². The summed E-state index contributed by atoms with van der Waals surface area (Å²) in [5.41, 5.74) is 1.71. The fraction of sp³-hybridized carbons (Fsp3) is 0.600. The molecule has 1 saturated carbocycles. The average Bonchev–Trinajstić information content (AvgIpc) is 2.31. The van der Waals surface area contributed by atoms with E-state index in [9.17, 15) is 0 Å². The summed E-state index contributed by atoms with van der Waals surface area (Å²) < 4.78 is 7.83. The number of hydrogen-bond acceptors (Lipinski definition) is 2. The lowest BCUT2D eigenvalue weighted by atomic mass is 9.70. The molecule has 0 saturated heterocycles. The van der Waals surface area contributed by atoms with Crippen LogP contribution < -0.4 is 10.1 Å². The highest BCUT2D eigenvalue weighted by molar-refractivity contribution is 9.11. The molecule has 0 heterocycles. The van der Waals surface area contributed by atoms with Crippen LogP contribution in [0.2, 0.25) is 0 Å². The molecule has 2 rings (SSSR count). The Bertz CT molecular complexity index is 444. The van der Waals surface area contributed by atoms with Crippen molar-refractivity contribution >= 4 is 31.9 Å². The Morgan fingerprint density at radius 3 is 2.63 bits per heavy atom. The van der Waals surface area contributed by atoms with Crippen LogP contribution in [0.3, 0.4) is 0 Å². The number of ether oxygens (including phenoxy) is 1. The van der Waals surface area contributed by atoms with Gasteiger partial charge in [0, 0.05) is 23.1 Å². The van der Waals surface area contributed by atoms with E-state index in [1.165, 1.54) is 24.8 Å². The van der Waals surface area contributed by atoms with Crippen molar-refractivity contribution in [3.05, 3.63) is 26.6 Å². The molecule has 1 N–H and O–H groups in total. The Hall–Kier alpha value is -0.0600. The van der Waals surface area contributed by atoms with Gasteiger partial charge in [0.25, 0.3) is 0 Å². The molecule has 2 nitrogen and oxygen atoms in total. The van der Waals surface area contributed by atoms with Crippen molar-refractivity contribution in [3.63, 3.8) is 0 Å². The molecule has 4 heteroatoms. The zero-order chi connectivity index (χ0) is 13.9. The van der Waals surface area contributed by atoms with E-state index < -0.39 is 0 Å². The molecule has 106 valence electrons. The highest BCUT2D eigenvalue weighted by Gasteiger charge is 2.31. The number of hydrogen-bond donors (Lipinski definition) is 1. The molecule has 1 aromatic rings. The number of halogens is 2. The molecule has 0 aliphatic heterocycles. The molecule has 0 bridgehead atoms. The summed E-state index contributed by atoms with van der Waals surface area (Å²) in [5, 5.41) is 3.58. The molecule has 0 aromatic heterocycles. The van der Waals surface area contributed by atoms with Gasteiger partial charge in [-0.05, 0) is 53.2 Å². The second kappa shape index (κ2) is 6.59. The second-order valence-electron chi connectivity index (χ2n) is 5.58. The zero-order valence-electron chi connectivity index (χ0n) is 11.6. The highest BCUT2D eigenvalue weighted by atomic mass is 79.9. The van der Waals surface area contributed by atoms with Gasteiger partial charge in [-0.15, -0.1) is 0 Å². The molecule has 0 radical (unpaired) electrons. The summed E-state index contributed by atoms with van der Waals surface area (Å²) in [5.74, 6) is 0.956. The molecule has 19 heavy (non-hydrogen) atoms. The van der Waals surface area contributed by atoms with E-state index in [4.69, 9.17) is 4.74 Å². The Morgan fingerprint density at radius 2 is 2.05 bits per heavy atom. The lowest BCUT2D eigenvalue weighted by Crippen LogP contribution is -2.37. The summed E-state index contributed by atoms with van der Waals surface area (Å²) in [6.07, 6.45) is 4.08. The van der Waals surface area contributed by atoms with Crippen molar-refractivity contribution in [1.29, 1.82) is 0 Å². The molecule has 1 aromatic carbocycles. The third-order valence-corrected chi connectivity index (χ3v) is 4.85. The fourth-order valence-corrected chi connectivity index (χ4v) is 3.94. The van der Waals surface area contributed by atoms with Gasteiger partial charge in [0.15, 0.2) is 0 Å². The van der Waals surface area contributed by atoms with Crippen LogP contribution in [0.1, 0.15) is 38.7 Å². The molecule has 1 aliphatic carbocycles. The number of benzene rings is 1. The third kappa shape index (κ3) is 3.96. The van der Waals surface area contributed by atoms with Crippen LogP contribution in [0.5, 0.6) is 5.75 Å². The second-order valence-corrected chi connectivity index (χ2v) is 7.35. The smallest absolute Gasteiger partial charge is 0.138 e. The predicted octanol–water partition coefficient (Wildman–Crippen LogP) is 4.89. The van der Waals surface area contributed by atoms with Crippen molar-refractivity contribution in [2.24, 2.45) is 5.41 Å². The van der Waals surface area contributed by atoms with E-state index in [1.807, 2.05) is 13.0 Å². The van der Waals surface area contributed by atoms with Crippen LogP contribution in [0.4, 0.5) is 0 Å². The van der Waals surface area contributed by atoms with E-state index in [1.54, 1.807) is 0 Å². The molecule has 0 amide bonds. The van der Waals surface area contributed by atoms with Crippen LogP contribution in [-0.4, -0.2) is 13.2 Å². The Labute approximate surface area is 132 Å². The highest BCUT2D eigenvalue weighted by Crippen LogP contribution is 2.39. The summed E-state index contributed by atoms with van der Waals surface area (Å²) in [6, 6.07) is 4.16. The van der Waals surface area contributed by atoms with Crippen molar-refractivity contribution in [2.75, 3.05) is 13.2 Å². The first-order valence-corrected chi connectivity index (χ1v) is 8.44. The quantitative estimate of drug-likeness (QED) is 0.746. The normalized spacial score (nSPS) is 17.1. The average molecular weight is 391 g/mol. The topological polar surface area (TPSA) is 21.3 Å². The van der Waals surface area contributed by atoms with Crippen LogP contribution in [0, 0.1) is 5.41 Å². The van der Waals surface area contributed by atoms with Gasteiger partial charge in [-0.2, -0.15) is 0 Å². The van der Waals surface area contributed by atoms with Gasteiger partial charge >= 0.3 is 0 Å². The van der Waals surface area contributed by atoms with Gasteiger partial charge in [-0.3, -0.25) is 0 Å². The summed E-state index contributed by atoms with van der Waals surface area (Å²) in [7, 11) is 0. The van der Waals surface area contributed by atoms with Crippen LogP contribution in [0.15, 0.2) is 21.1 Å². The molecule has 0 unspecified atom stereocenters.